The van der Waals surface area contributed by atoms with Crippen LogP contribution in [0.25, 0.3) is 0 Å². The first-order valence-electron chi connectivity index (χ1n) is 9.60. The molecule has 1 fully saturated rings. The number of likely N-dealkylation sites (N-methyl/N-ethyl adjacent to an activating group) is 1. The number of nitrogens with one attached hydrogen (secondary N) is 1. The normalized spacial score (nSPS) is 20.1. The summed E-state index contributed by atoms with van der Waals surface area (Å²) in [6.45, 7) is 4.72. The lowest BCUT2D eigenvalue weighted by atomic mass is 9.82. The summed E-state index contributed by atoms with van der Waals surface area (Å²) >= 11 is 0. The average molecular weight is 526 g/mol. The highest BCUT2D eigenvalue weighted by Gasteiger charge is 2.31. The van der Waals surface area contributed by atoms with Crippen molar-refractivity contribution in [3.05, 3.63) is 35.9 Å². The van der Waals surface area contributed by atoms with E-state index in [1.165, 1.54) is 5.56 Å². The van der Waals surface area contributed by atoms with Gasteiger partial charge in [-0.25, -0.2) is 4.99 Å². The van der Waals surface area contributed by atoms with Gasteiger partial charge in [0.15, 0.2) is 5.96 Å². The maximum absolute atomic E-state index is 12.4. The molecule has 1 aromatic carbocycles. The van der Waals surface area contributed by atoms with Gasteiger partial charge in [-0.3, -0.25) is 4.79 Å². The number of carbonyl (C=O) groups is 1. The zero-order valence-electron chi connectivity index (χ0n) is 17.1. The number of piperidine rings is 1. The van der Waals surface area contributed by atoms with Crippen LogP contribution in [0, 0.1) is 5.92 Å². The smallest absolute Gasteiger partial charge is 0.357 e. The molecule has 2 unspecified atom stereocenters. The van der Waals surface area contributed by atoms with Gasteiger partial charge in [0.25, 0.3) is 0 Å². The lowest BCUT2D eigenvalue weighted by molar-refractivity contribution is -0.157. The number of halogens is 4. The monoisotopic (exact) mass is 526 g/mol. The van der Waals surface area contributed by atoms with E-state index >= 15 is 0 Å². The first-order valence-corrected chi connectivity index (χ1v) is 9.60. The van der Waals surface area contributed by atoms with Gasteiger partial charge in [0.2, 0.25) is 5.91 Å². The fourth-order valence-corrected chi connectivity index (χ4v) is 3.58. The molecule has 1 amide bonds. The van der Waals surface area contributed by atoms with Crippen molar-refractivity contribution in [1.82, 2.24) is 15.1 Å². The van der Waals surface area contributed by atoms with E-state index in [0.717, 1.165) is 26.6 Å². The highest BCUT2D eigenvalue weighted by atomic mass is 127. The van der Waals surface area contributed by atoms with Crippen molar-refractivity contribution in [2.75, 3.05) is 39.8 Å². The molecule has 5 nitrogen and oxygen atoms in total. The van der Waals surface area contributed by atoms with Gasteiger partial charge in [0.05, 0.1) is 0 Å². The number of aliphatic imine (C=N–C) groups is 1. The van der Waals surface area contributed by atoms with Crippen LogP contribution in [-0.4, -0.2) is 67.6 Å². The summed E-state index contributed by atoms with van der Waals surface area (Å²) in [7, 11) is 1.14. The summed E-state index contributed by atoms with van der Waals surface area (Å²) in [5.41, 5.74) is 1.32. The van der Waals surface area contributed by atoms with E-state index in [0.29, 0.717) is 29.2 Å². The minimum Gasteiger partial charge on any atom is -0.357 e. The molecule has 0 saturated carbocycles. The number of carbonyl (C=O) groups excluding carboxylic acids is 1. The second-order valence-corrected chi connectivity index (χ2v) is 7.26. The standard InChI is InChI=1S/C20H29F3N4O.HI/c1-4-24-19(25-12-18(28)26(3)14-20(21,22)23)27-11-10-17(15(2)13-27)16-8-6-5-7-9-16;/h5-9,15,17H,4,10-14H2,1-3H3,(H,24,25);1H. The van der Waals surface area contributed by atoms with E-state index < -0.39 is 18.6 Å². The molecule has 2 atom stereocenters. The molecule has 1 heterocycles. The first-order chi connectivity index (χ1) is 13.2. The van der Waals surface area contributed by atoms with Gasteiger partial charge < -0.3 is 15.1 Å². The lowest BCUT2D eigenvalue weighted by Gasteiger charge is -2.39. The Hall–Kier alpha value is -1.52. The van der Waals surface area contributed by atoms with Crippen LogP contribution in [0.4, 0.5) is 13.2 Å². The topological polar surface area (TPSA) is 47.9 Å². The Morgan fingerprint density at radius 2 is 1.97 bits per heavy atom. The predicted octanol–water partition coefficient (Wildman–Crippen LogP) is 3.72. The first kappa shape index (κ1) is 25.5. The van der Waals surface area contributed by atoms with E-state index in [1.807, 2.05) is 25.1 Å². The molecular formula is C20H30F3IN4O. The van der Waals surface area contributed by atoms with Crippen LogP contribution in [-0.2, 0) is 4.79 Å². The number of hydrogen-bond acceptors (Lipinski definition) is 2. The van der Waals surface area contributed by atoms with Gasteiger partial charge in [-0.15, -0.1) is 24.0 Å². The van der Waals surface area contributed by atoms with Gasteiger partial charge in [0, 0.05) is 26.7 Å². The minimum atomic E-state index is -4.41. The molecular weight excluding hydrogens is 496 g/mol. The Kier molecular flexibility index (Phi) is 10.2. The number of guanidine groups is 1. The fraction of sp³-hybridized carbons (Fsp3) is 0.600. The highest BCUT2D eigenvalue weighted by Crippen LogP contribution is 2.32. The Labute approximate surface area is 187 Å². The molecule has 1 saturated heterocycles. The van der Waals surface area contributed by atoms with Crippen LogP contribution in [0.1, 0.15) is 31.7 Å². The SMILES string of the molecule is CCNC(=NCC(=O)N(C)CC(F)(F)F)N1CCC(c2ccccc2)C(C)C1.I. The van der Waals surface area contributed by atoms with E-state index in [-0.39, 0.29) is 30.5 Å². The van der Waals surface area contributed by atoms with Crippen LogP contribution in [0.15, 0.2) is 35.3 Å². The van der Waals surface area contributed by atoms with Crippen LogP contribution in [0.3, 0.4) is 0 Å². The Bertz CT molecular complexity index is 669. The molecule has 9 heteroatoms. The molecule has 0 aromatic heterocycles. The van der Waals surface area contributed by atoms with Crippen LogP contribution in [0.2, 0.25) is 0 Å². The summed E-state index contributed by atoms with van der Waals surface area (Å²) in [4.78, 5) is 19.0. The zero-order chi connectivity index (χ0) is 20.7. The van der Waals surface area contributed by atoms with Gasteiger partial charge >= 0.3 is 6.18 Å². The largest absolute Gasteiger partial charge is 0.406 e. The zero-order valence-corrected chi connectivity index (χ0v) is 19.4. The lowest BCUT2D eigenvalue weighted by Crippen LogP contribution is -2.48. The predicted molar refractivity (Wildman–Crippen MR) is 120 cm³/mol. The third-order valence-electron chi connectivity index (χ3n) is 4.97. The molecule has 0 spiro atoms. The van der Waals surface area contributed by atoms with Crippen molar-refractivity contribution >= 4 is 35.8 Å². The molecule has 1 aromatic rings. The maximum Gasteiger partial charge on any atom is 0.406 e. The molecule has 0 bridgehead atoms. The number of hydrogen-bond donors (Lipinski definition) is 1. The van der Waals surface area contributed by atoms with Gasteiger partial charge in [-0.1, -0.05) is 37.3 Å². The summed E-state index contributed by atoms with van der Waals surface area (Å²) < 4.78 is 37.3. The average Bonchev–Trinajstić information content (AvgIpc) is 2.64. The third kappa shape index (κ3) is 8.02. The second-order valence-electron chi connectivity index (χ2n) is 7.26. The Morgan fingerprint density at radius 1 is 1.31 bits per heavy atom. The third-order valence-corrected chi connectivity index (χ3v) is 4.97. The molecule has 1 aliphatic heterocycles. The number of likely N-dealkylation sites (tertiary alicyclic amines) is 1. The fourth-order valence-electron chi connectivity index (χ4n) is 3.58. The summed E-state index contributed by atoms with van der Waals surface area (Å²) in [5.74, 6) is 0.776. The number of benzene rings is 1. The van der Waals surface area contributed by atoms with Gasteiger partial charge in [-0.05, 0) is 30.7 Å². The van der Waals surface area contributed by atoms with Crippen molar-refractivity contribution in [3.63, 3.8) is 0 Å². The van der Waals surface area contributed by atoms with Crippen molar-refractivity contribution in [2.45, 2.75) is 32.4 Å². The van der Waals surface area contributed by atoms with Crippen LogP contribution >= 0.6 is 24.0 Å². The molecule has 29 heavy (non-hydrogen) atoms. The molecule has 164 valence electrons. The van der Waals surface area contributed by atoms with Gasteiger partial charge in [-0.2, -0.15) is 13.2 Å². The molecule has 1 N–H and O–H groups in total. The van der Waals surface area contributed by atoms with Gasteiger partial charge in [0.1, 0.15) is 13.1 Å². The molecule has 1 aliphatic rings. The van der Waals surface area contributed by atoms with E-state index in [1.54, 1.807) is 0 Å². The summed E-state index contributed by atoms with van der Waals surface area (Å²) in [5, 5.41) is 3.15. The number of nitrogens with zero attached hydrogens (tertiary/aromatic N) is 3. The molecule has 2 rings (SSSR count). The van der Waals surface area contributed by atoms with Crippen molar-refractivity contribution in [1.29, 1.82) is 0 Å². The summed E-state index contributed by atoms with van der Waals surface area (Å²) in [6.07, 6.45) is -3.45. The van der Waals surface area contributed by atoms with Crippen molar-refractivity contribution < 1.29 is 18.0 Å². The number of alkyl halides is 3. The van der Waals surface area contributed by atoms with E-state index in [4.69, 9.17) is 0 Å². The van der Waals surface area contributed by atoms with Crippen LogP contribution in [0.5, 0.6) is 0 Å². The van der Waals surface area contributed by atoms with Crippen LogP contribution < -0.4 is 5.32 Å². The highest BCUT2D eigenvalue weighted by molar-refractivity contribution is 14.0. The van der Waals surface area contributed by atoms with Crippen molar-refractivity contribution in [2.24, 2.45) is 10.9 Å². The van der Waals surface area contributed by atoms with E-state index in [2.05, 4.69) is 34.3 Å². The Balaban J connectivity index is 0.00000420. The Morgan fingerprint density at radius 3 is 2.52 bits per heavy atom. The quantitative estimate of drug-likeness (QED) is 0.362. The maximum atomic E-state index is 12.4. The number of rotatable bonds is 5. The van der Waals surface area contributed by atoms with Crippen molar-refractivity contribution in [3.8, 4) is 0 Å². The van der Waals surface area contributed by atoms with E-state index in [9.17, 15) is 18.0 Å². The molecule has 0 aliphatic carbocycles. The summed E-state index contributed by atoms with van der Waals surface area (Å²) in [6, 6.07) is 10.4. The second kappa shape index (κ2) is 11.6. The molecule has 0 radical (unpaired) electrons. The number of amides is 1. The minimum absolute atomic E-state index is 0.